The third-order valence-electron chi connectivity index (χ3n) is 1.51. The van der Waals surface area contributed by atoms with E-state index >= 15 is 0 Å². The third-order valence-corrected chi connectivity index (χ3v) is 1.51. The number of nitrogens with zero attached hydrogens (tertiary/aromatic N) is 1. The van der Waals surface area contributed by atoms with Gasteiger partial charge in [-0.1, -0.05) is 12.2 Å². The van der Waals surface area contributed by atoms with Crippen LogP contribution >= 0.6 is 0 Å². The van der Waals surface area contributed by atoms with Gasteiger partial charge >= 0.3 is 7.25 Å². The molecule has 0 bridgehead atoms. The maximum Gasteiger partial charge on any atom is 0.587 e. The molecule has 0 aliphatic carbocycles. The fraction of sp³-hybridized carbons (Fsp3) is 0.333. The number of rotatable bonds is 1. The van der Waals surface area contributed by atoms with Gasteiger partial charge in [-0.05, 0) is 13.0 Å². The van der Waals surface area contributed by atoms with E-state index in [2.05, 4.69) is 0 Å². The lowest BCUT2D eigenvalue weighted by atomic mass is 10.0. The largest absolute Gasteiger partial charge is 0.587 e. The van der Waals surface area contributed by atoms with Crippen LogP contribution in [0.15, 0.2) is 23.9 Å². The molecule has 3 nitrogen and oxygen atoms in total. The molecular formula is C6H10BNO2. The summed E-state index contributed by atoms with van der Waals surface area (Å²) in [6.07, 6.45) is 5.60. The standard InChI is InChI=1S/C6H10BNO2/c1-6-4-2-3-5-8(6)7(9)10/h2-4,9-10H,5H2,1H3. The van der Waals surface area contributed by atoms with Crippen molar-refractivity contribution in [2.45, 2.75) is 6.92 Å². The smallest absolute Gasteiger partial charge is 0.408 e. The lowest BCUT2D eigenvalue weighted by Crippen LogP contribution is -2.39. The Bertz CT molecular complexity index is 177. The Kier molecular flexibility index (Phi) is 2.14. The van der Waals surface area contributed by atoms with Gasteiger partial charge in [-0.2, -0.15) is 0 Å². The van der Waals surface area contributed by atoms with Crippen LogP contribution in [0, 0.1) is 0 Å². The lowest BCUT2D eigenvalue weighted by Gasteiger charge is -2.24. The van der Waals surface area contributed by atoms with Gasteiger partial charge in [0.15, 0.2) is 0 Å². The van der Waals surface area contributed by atoms with Crippen LogP contribution in [-0.4, -0.2) is 28.7 Å². The minimum Gasteiger partial charge on any atom is -0.408 e. The molecule has 0 atom stereocenters. The van der Waals surface area contributed by atoms with Gasteiger partial charge < -0.3 is 14.9 Å². The highest BCUT2D eigenvalue weighted by Gasteiger charge is 2.19. The second kappa shape index (κ2) is 2.90. The monoisotopic (exact) mass is 139 g/mol. The molecule has 10 heavy (non-hydrogen) atoms. The molecule has 54 valence electrons. The van der Waals surface area contributed by atoms with E-state index in [1.807, 2.05) is 25.2 Å². The van der Waals surface area contributed by atoms with Crippen molar-refractivity contribution >= 4 is 7.25 Å². The predicted molar refractivity (Wildman–Crippen MR) is 39.8 cm³/mol. The van der Waals surface area contributed by atoms with E-state index in [1.54, 1.807) is 0 Å². The average Bonchev–Trinajstić information content (AvgIpc) is 1.88. The predicted octanol–water partition coefficient (Wildman–Crippen LogP) is -0.268. The Hall–Kier alpha value is -0.735. The first-order chi connectivity index (χ1) is 4.72. The second-order valence-corrected chi connectivity index (χ2v) is 2.23. The molecule has 0 radical (unpaired) electrons. The third kappa shape index (κ3) is 1.40. The van der Waals surface area contributed by atoms with Crippen molar-refractivity contribution in [2.75, 3.05) is 6.54 Å². The highest BCUT2D eigenvalue weighted by molar-refractivity contribution is 6.38. The molecular weight excluding hydrogens is 129 g/mol. The Morgan fingerprint density at radius 3 is 2.70 bits per heavy atom. The van der Waals surface area contributed by atoms with Crippen molar-refractivity contribution in [3.05, 3.63) is 23.9 Å². The van der Waals surface area contributed by atoms with Crippen molar-refractivity contribution in [3.63, 3.8) is 0 Å². The summed E-state index contributed by atoms with van der Waals surface area (Å²) in [4.78, 5) is 1.49. The normalized spacial score (nSPS) is 17.1. The minimum atomic E-state index is -1.37. The van der Waals surface area contributed by atoms with Crippen LogP contribution < -0.4 is 0 Å². The first-order valence-electron chi connectivity index (χ1n) is 3.18. The summed E-state index contributed by atoms with van der Waals surface area (Å²) >= 11 is 0. The molecule has 0 aromatic heterocycles. The molecule has 1 heterocycles. The van der Waals surface area contributed by atoms with Crippen molar-refractivity contribution in [1.29, 1.82) is 0 Å². The van der Waals surface area contributed by atoms with Crippen LogP contribution in [-0.2, 0) is 0 Å². The minimum absolute atomic E-state index is 0.569. The van der Waals surface area contributed by atoms with E-state index in [-0.39, 0.29) is 0 Å². The van der Waals surface area contributed by atoms with Gasteiger partial charge in [0.1, 0.15) is 0 Å². The van der Waals surface area contributed by atoms with Gasteiger partial charge in [-0.15, -0.1) is 0 Å². The van der Waals surface area contributed by atoms with E-state index < -0.39 is 7.25 Å². The molecule has 2 N–H and O–H groups in total. The van der Waals surface area contributed by atoms with Crippen LogP contribution in [0.2, 0.25) is 0 Å². The number of allylic oxidation sites excluding steroid dienone is 3. The van der Waals surface area contributed by atoms with Crippen LogP contribution in [0.25, 0.3) is 0 Å². The highest BCUT2D eigenvalue weighted by Crippen LogP contribution is 2.07. The zero-order valence-electron chi connectivity index (χ0n) is 5.86. The summed E-state index contributed by atoms with van der Waals surface area (Å²) in [5, 5.41) is 17.5. The Morgan fingerprint density at radius 2 is 2.30 bits per heavy atom. The molecule has 1 aliphatic heterocycles. The molecule has 1 aliphatic rings. The molecule has 0 saturated carbocycles. The van der Waals surface area contributed by atoms with Crippen LogP contribution in [0.4, 0.5) is 0 Å². The molecule has 0 fully saturated rings. The van der Waals surface area contributed by atoms with Crippen molar-refractivity contribution < 1.29 is 10.0 Å². The lowest BCUT2D eigenvalue weighted by molar-refractivity contribution is 0.315. The Morgan fingerprint density at radius 1 is 1.60 bits per heavy atom. The molecule has 0 aromatic rings. The quantitative estimate of drug-likeness (QED) is 0.491. The molecule has 0 amide bonds. The summed E-state index contributed by atoms with van der Waals surface area (Å²) in [6.45, 7) is 2.41. The van der Waals surface area contributed by atoms with Gasteiger partial charge in [0.25, 0.3) is 0 Å². The van der Waals surface area contributed by atoms with E-state index in [9.17, 15) is 0 Å². The van der Waals surface area contributed by atoms with Crippen molar-refractivity contribution in [1.82, 2.24) is 4.81 Å². The van der Waals surface area contributed by atoms with E-state index in [0.29, 0.717) is 6.54 Å². The first-order valence-corrected chi connectivity index (χ1v) is 3.18. The van der Waals surface area contributed by atoms with Crippen LogP contribution in [0.1, 0.15) is 6.92 Å². The summed E-state index contributed by atoms with van der Waals surface area (Å²) in [7, 11) is -1.37. The second-order valence-electron chi connectivity index (χ2n) is 2.23. The van der Waals surface area contributed by atoms with E-state index in [4.69, 9.17) is 10.0 Å². The van der Waals surface area contributed by atoms with Gasteiger partial charge in [0.2, 0.25) is 0 Å². The molecule has 0 unspecified atom stereocenters. The van der Waals surface area contributed by atoms with Gasteiger partial charge in [-0.3, -0.25) is 0 Å². The fourth-order valence-corrected chi connectivity index (χ4v) is 0.898. The van der Waals surface area contributed by atoms with E-state index in [1.165, 1.54) is 4.81 Å². The van der Waals surface area contributed by atoms with Crippen molar-refractivity contribution in [2.24, 2.45) is 0 Å². The first kappa shape index (κ1) is 7.37. The fourth-order valence-electron chi connectivity index (χ4n) is 0.898. The summed E-state index contributed by atoms with van der Waals surface area (Å²) in [5.41, 5.74) is 0.873. The van der Waals surface area contributed by atoms with Gasteiger partial charge in [0, 0.05) is 12.2 Å². The summed E-state index contributed by atoms with van der Waals surface area (Å²) in [5.74, 6) is 0. The molecule has 0 spiro atoms. The van der Waals surface area contributed by atoms with Gasteiger partial charge in [-0.25, -0.2) is 0 Å². The SMILES string of the molecule is CC1=CC=CCN1B(O)O. The van der Waals surface area contributed by atoms with Gasteiger partial charge in [0.05, 0.1) is 0 Å². The summed E-state index contributed by atoms with van der Waals surface area (Å²) < 4.78 is 0. The Balaban J connectivity index is 2.64. The molecule has 1 rings (SSSR count). The Labute approximate surface area is 60.4 Å². The zero-order chi connectivity index (χ0) is 7.56. The molecule has 0 saturated heterocycles. The topological polar surface area (TPSA) is 43.7 Å². The average molecular weight is 139 g/mol. The highest BCUT2D eigenvalue weighted by atomic mass is 16.4. The van der Waals surface area contributed by atoms with Crippen LogP contribution in [0.5, 0.6) is 0 Å². The maximum absolute atomic E-state index is 8.75. The number of hydrogen-bond donors (Lipinski definition) is 2. The van der Waals surface area contributed by atoms with E-state index in [0.717, 1.165) is 5.70 Å². The maximum atomic E-state index is 8.75. The molecule has 4 heteroatoms. The van der Waals surface area contributed by atoms with Crippen LogP contribution in [0.3, 0.4) is 0 Å². The molecule has 0 aromatic carbocycles. The number of hydrogen-bond acceptors (Lipinski definition) is 3. The van der Waals surface area contributed by atoms with Crippen molar-refractivity contribution in [3.8, 4) is 0 Å². The zero-order valence-corrected chi connectivity index (χ0v) is 5.86. The summed E-state index contributed by atoms with van der Waals surface area (Å²) in [6, 6.07) is 0.